The van der Waals surface area contributed by atoms with Crippen LogP contribution in [0.3, 0.4) is 0 Å². The molecule has 0 saturated carbocycles. The molecule has 0 saturated heterocycles. The van der Waals surface area contributed by atoms with Crippen LogP contribution in [0.25, 0.3) is 139 Å². The molecule has 0 fully saturated rings. The van der Waals surface area contributed by atoms with Gasteiger partial charge in [-0.25, -0.2) is 4.98 Å². The summed E-state index contributed by atoms with van der Waals surface area (Å²) in [4.78, 5) is 4.96. The van der Waals surface area contributed by atoms with Crippen LogP contribution in [-0.2, 0) is 16.2 Å². The van der Waals surface area contributed by atoms with Crippen molar-refractivity contribution < 1.29 is 21.9 Å². The fraction of sp³-hybridized carbons (Fsp3) is 0.163. The summed E-state index contributed by atoms with van der Waals surface area (Å²) < 4.78 is 74.4. The summed E-state index contributed by atoms with van der Waals surface area (Å²) in [6.45, 7) is 14.6. The average Bonchev–Trinajstić information content (AvgIpc) is 1.50. The number of aryl methyl sites for hydroxylation is 2. The van der Waals surface area contributed by atoms with Gasteiger partial charge in [0.05, 0.1) is 33.4 Å². The van der Waals surface area contributed by atoms with Gasteiger partial charge in [-0.05, 0) is 209 Å². The number of rotatable bonds is 7. The van der Waals surface area contributed by atoms with E-state index in [0.717, 1.165) is 139 Å². The topological polar surface area (TPSA) is 49.0 Å². The number of pyridine rings is 1. The van der Waals surface area contributed by atoms with Gasteiger partial charge in [-0.3, -0.25) is 13.7 Å². The SMILES string of the molecule is [2H]C([2H])([2H])c1cccc(C([2H])([2H])[2H])c1-c1cc(-c2cc(C(C)(C)C)cc(C(C)(C)C)c2)c2c(c1)-c1ccccc1-c1ccccc1-c1cc(-c3ccc4oc5ccccc5c4c3)cc3c1[n+]-2[c-]n3-c1cccc(Oc2ccc3c4ccccc4n(-c4cc(C(C)(C)C)ccn4)c3c2)c1. The van der Waals surface area contributed by atoms with Crippen molar-refractivity contribution in [2.24, 2.45) is 0 Å². The van der Waals surface area contributed by atoms with Gasteiger partial charge in [0.1, 0.15) is 28.5 Å². The zero-order chi connectivity index (χ0) is 68.1. The standard InChI is InChI=1S/C86H72N4O2/c1-52-22-20-23-53(2)81(52)57-44-71(56-40-59(85(6,7)8)47-60(41-56)86(9,10)11)82-73(45-57)66-28-14-12-26-64(66)65-27-13-15-29-67(65)74-43-55(54-34-37-79-72(42-54)70-31-17-19-33-78(70)92-79)46-77-83(74)89(82)51-88(77)61-24-21-25-62(49-61)91-63-35-36-69-68-30-16-18-32-75(68)90(76(69)50-63)80-48-58(38-39-87-80)84(3,4)5/h12-50H,1-11H3/i1D3,2D3. The maximum Gasteiger partial charge on any atom is 0.269 e. The van der Waals surface area contributed by atoms with Gasteiger partial charge in [-0.1, -0.05) is 202 Å². The normalized spacial score (nSPS) is 13.8. The van der Waals surface area contributed by atoms with Crippen LogP contribution in [0.15, 0.2) is 241 Å². The lowest BCUT2D eigenvalue weighted by Crippen LogP contribution is -2.32. The second-order valence-electron chi connectivity index (χ2n) is 27.8. The number of benzene rings is 11. The molecule has 11 aromatic carbocycles. The highest BCUT2D eigenvalue weighted by Crippen LogP contribution is 2.50. The lowest BCUT2D eigenvalue weighted by molar-refractivity contribution is -0.570. The van der Waals surface area contributed by atoms with Crippen LogP contribution in [0, 0.1) is 20.0 Å². The molecule has 0 N–H and O–H groups in total. The van der Waals surface area contributed by atoms with Gasteiger partial charge in [-0.2, -0.15) is 0 Å². The van der Waals surface area contributed by atoms with Crippen LogP contribution in [-0.4, -0.2) is 14.1 Å². The molecule has 6 nitrogen and oxygen atoms in total. The number of hydrogen-bond donors (Lipinski definition) is 0. The summed E-state index contributed by atoms with van der Waals surface area (Å²) in [6.07, 6.45) is 5.96. The second-order valence-corrected chi connectivity index (χ2v) is 27.8. The van der Waals surface area contributed by atoms with Gasteiger partial charge < -0.3 is 9.15 Å². The number of para-hydroxylation sites is 2. The molecular weight excluding hydrogens is 1120 g/mol. The molecular formula is C86H72N4O2. The summed E-state index contributed by atoms with van der Waals surface area (Å²) in [7, 11) is 0. The predicted octanol–water partition coefficient (Wildman–Crippen LogP) is 22.7. The van der Waals surface area contributed by atoms with Crippen molar-refractivity contribution >= 4 is 54.8 Å². The first kappa shape index (κ1) is 50.2. The maximum absolute atomic E-state index is 9.06. The van der Waals surface area contributed by atoms with Crippen molar-refractivity contribution in [1.29, 1.82) is 0 Å². The molecule has 0 atom stereocenters. The molecule has 0 bridgehead atoms. The molecule has 0 amide bonds. The Labute approximate surface area is 546 Å². The van der Waals surface area contributed by atoms with E-state index in [1.807, 2.05) is 60.8 Å². The molecule has 0 unspecified atom stereocenters. The smallest absolute Gasteiger partial charge is 0.269 e. The number of fused-ring (bicyclic) bond motifs is 13. The number of furan rings is 1. The number of aromatic nitrogens is 4. The van der Waals surface area contributed by atoms with E-state index in [2.05, 4.69) is 240 Å². The minimum Gasteiger partial charge on any atom is -0.458 e. The zero-order valence-corrected chi connectivity index (χ0v) is 53.1. The molecule has 0 aliphatic carbocycles. The molecule has 6 heteroatoms. The van der Waals surface area contributed by atoms with E-state index in [0.29, 0.717) is 17.1 Å². The van der Waals surface area contributed by atoms with Crippen molar-refractivity contribution in [3.05, 3.63) is 271 Å². The molecule has 15 aromatic rings. The van der Waals surface area contributed by atoms with Gasteiger partial charge in [0.25, 0.3) is 6.33 Å². The lowest BCUT2D eigenvalue weighted by Gasteiger charge is -2.28. The number of hydrogen-bond acceptors (Lipinski definition) is 3. The molecule has 1 aliphatic heterocycles. The van der Waals surface area contributed by atoms with Gasteiger partial charge in [-0.15, -0.1) is 0 Å². The van der Waals surface area contributed by atoms with Crippen molar-refractivity contribution in [3.8, 4) is 95.5 Å². The van der Waals surface area contributed by atoms with E-state index in [1.165, 1.54) is 5.56 Å². The molecule has 92 heavy (non-hydrogen) atoms. The zero-order valence-electron chi connectivity index (χ0n) is 59.1. The van der Waals surface area contributed by atoms with Gasteiger partial charge >= 0.3 is 0 Å². The Morgan fingerprint density at radius 2 is 1.03 bits per heavy atom. The van der Waals surface area contributed by atoms with Crippen LogP contribution in [0.2, 0.25) is 0 Å². The lowest BCUT2D eigenvalue weighted by atomic mass is 9.78. The fourth-order valence-electron chi connectivity index (χ4n) is 13.8. The summed E-state index contributed by atoms with van der Waals surface area (Å²) in [5.41, 5.74) is 19.1. The molecule has 0 radical (unpaired) electrons. The third-order valence-electron chi connectivity index (χ3n) is 18.6. The number of imidazole rings is 1. The first-order chi connectivity index (χ1) is 46.7. The summed E-state index contributed by atoms with van der Waals surface area (Å²) >= 11 is 0. The summed E-state index contributed by atoms with van der Waals surface area (Å²) in [5.74, 6) is 2.08. The molecule has 1 aliphatic rings. The maximum atomic E-state index is 9.06. The van der Waals surface area contributed by atoms with E-state index < -0.39 is 13.7 Å². The monoisotopic (exact) mass is 1200 g/mol. The van der Waals surface area contributed by atoms with E-state index in [1.54, 1.807) is 18.2 Å². The highest BCUT2D eigenvalue weighted by atomic mass is 16.5. The predicted molar refractivity (Wildman–Crippen MR) is 381 cm³/mol. The van der Waals surface area contributed by atoms with Crippen LogP contribution in [0.1, 0.15) is 98.4 Å². The molecule has 4 aromatic heterocycles. The van der Waals surface area contributed by atoms with Crippen molar-refractivity contribution in [1.82, 2.24) is 14.1 Å². The van der Waals surface area contributed by atoms with Crippen LogP contribution < -0.4 is 9.30 Å². The minimum absolute atomic E-state index is 0.0444. The van der Waals surface area contributed by atoms with Crippen molar-refractivity contribution in [3.63, 3.8) is 0 Å². The van der Waals surface area contributed by atoms with Crippen molar-refractivity contribution in [2.75, 3.05) is 0 Å². The van der Waals surface area contributed by atoms with E-state index in [-0.39, 0.29) is 32.9 Å². The average molecular weight is 1200 g/mol. The molecule has 5 heterocycles. The Bertz CT molecular complexity index is 5720. The summed E-state index contributed by atoms with van der Waals surface area (Å²) in [6, 6.07) is 78.7. The highest BCUT2D eigenvalue weighted by molar-refractivity contribution is 6.10. The fourth-order valence-corrected chi connectivity index (χ4v) is 13.8. The third-order valence-corrected chi connectivity index (χ3v) is 18.6. The Hall–Kier alpha value is -10.6. The Morgan fingerprint density at radius 3 is 1.75 bits per heavy atom. The summed E-state index contributed by atoms with van der Waals surface area (Å²) in [5, 5.41) is 4.23. The van der Waals surface area contributed by atoms with Crippen LogP contribution >= 0.6 is 0 Å². The van der Waals surface area contributed by atoms with E-state index in [4.69, 9.17) is 22.4 Å². The first-order valence-electron chi connectivity index (χ1n) is 34.7. The molecule has 0 spiro atoms. The van der Waals surface area contributed by atoms with Crippen molar-refractivity contribution in [2.45, 2.75) is 92.3 Å². The molecule has 448 valence electrons. The van der Waals surface area contributed by atoms with E-state index >= 15 is 0 Å². The molecule has 16 rings (SSSR count). The minimum atomic E-state index is -2.68. The Balaban J connectivity index is 1.01. The second kappa shape index (κ2) is 21.0. The largest absolute Gasteiger partial charge is 0.458 e. The number of ether oxygens (including phenoxy) is 1. The number of nitrogens with zero attached hydrogens (tertiary/aromatic N) is 4. The van der Waals surface area contributed by atoms with Gasteiger partial charge in [0, 0.05) is 42.0 Å². The Kier molecular flexibility index (Phi) is 11.5. The first-order valence-corrected chi connectivity index (χ1v) is 31.7. The van der Waals surface area contributed by atoms with E-state index in [9.17, 15) is 0 Å². The quantitative estimate of drug-likeness (QED) is 0.118. The Morgan fingerprint density at radius 1 is 0.424 bits per heavy atom. The van der Waals surface area contributed by atoms with Crippen LogP contribution in [0.5, 0.6) is 11.5 Å². The third kappa shape index (κ3) is 9.45. The van der Waals surface area contributed by atoms with Gasteiger partial charge in [0.15, 0.2) is 0 Å². The van der Waals surface area contributed by atoms with Gasteiger partial charge in [0.2, 0.25) is 0 Å². The highest BCUT2D eigenvalue weighted by Gasteiger charge is 2.31. The van der Waals surface area contributed by atoms with Crippen LogP contribution in [0.4, 0.5) is 0 Å².